The zero-order chi connectivity index (χ0) is 22.2. The van der Waals surface area contributed by atoms with Gasteiger partial charge in [-0.25, -0.2) is 0 Å². The number of nitrogens with zero attached hydrogens (tertiary/aromatic N) is 1. The second-order valence-electron chi connectivity index (χ2n) is 8.29. The van der Waals surface area contributed by atoms with E-state index in [-0.39, 0.29) is 0 Å². The van der Waals surface area contributed by atoms with Gasteiger partial charge in [0.15, 0.2) is 0 Å². The molecule has 5 rings (SSSR count). The van der Waals surface area contributed by atoms with Gasteiger partial charge in [0, 0.05) is 11.0 Å². The fraction of sp³-hybridized carbons (Fsp3) is 0.179. The van der Waals surface area contributed by atoms with Gasteiger partial charge >= 0.3 is 5.89 Å². The van der Waals surface area contributed by atoms with E-state index in [0.717, 1.165) is 34.1 Å². The largest absolute Gasteiger partial charge is 0.398 e. The Morgan fingerprint density at radius 1 is 1.00 bits per heavy atom. The van der Waals surface area contributed by atoms with Crippen molar-refractivity contribution in [3.8, 4) is 11.1 Å². The quantitative estimate of drug-likeness (QED) is 0.334. The van der Waals surface area contributed by atoms with Crippen molar-refractivity contribution in [1.29, 1.82) is 0 Å². The molecule has 0 fully saturated rings. The van der Waals surface area contributed by atoms with Gasteiger partial charge < -0.3 is 9.73 Å². The summed E-state index contributed by atoms with van der Waals surface area (Å²) in [6.07, 6.45) is 4.32. The second kappa shape index (κ2) is 8.36. The van der Waals surface area contributed by atoms with Crippen LogP contribution in [-0.4, -0.2) is 0 Å². The van der Waals surface area contributed by atoms with Gasteiger partial charge in [0.1, 0.15) is 6.54 Å². The van der Waals surface area contributed by atoms with Crippen molar-refractivity contribution in [3.05, 3.63) is 94.4 Å². The number of rotatable bonds is 4. The van der Waals surface area contributed by atoms with Crippen LogP contribution in [-0.2, 0) is 6.54 Å². The minimum atomic E-state index is 0.845. The number of anilines is 1. The van der Waals surface area contributed by atoms with E-state index in [1.807, 2.05) is 6.07 Å². The molecule has 0 unspecified atom stereocenters. The average Bonchev–Trinajstić information content (AvgIpc) is 3.33. The van der Waals surface area contributed by atoms with E-state index in [1.165, 1.54) is 32.8 Å². The number of oxazole rings is 1. The van der Waals surface area contributed by atoms with Crippen LogP contribution in [0.2, 0.25) is 0 Å². The summed E-state index contributed by atoms with van der Waals surface area (Å²) in [6.45, 7) is 9.45. The Labute approximate surface area is 193 Å². The van der Waals surface area contributed by atoms with Crippen molar-refractivity contribution < 1.29 is 8.98 Å². The van der Waals surface area contributed by atoms with Gasteiger partial charge in [-0.2, -0.15) is 4.57 Å². The molecule has 4 aromatic rings. The zero-order valence-corrected chi connectivity index (χ0v) is 19.7. The summed E-state index contributed by atoms with van der Waals surface area (Å²) in [5.41, 5.74) is 9.41. The zero-order valence-electron chi connectivity index (χ0n) is 18.9. The van der Waals surface area contributed by atoms with E-state index >= 15 is 0 Å². The lowest BCUT2D eigenvalue weighted by Gasteiger charge is -2.03. The van der Waals surface area contributed by atoms with Crippen LogP contribution in [0.5, 0.6) is 0 Å². The molecule has 0 amide bonds. The molecule has 1 aromatic heterocycles. The van der Waals surface area contributed by atoms with Gasteiger partial charge in [0.2, 0.25) is 5.58 Å². The highest BCUT2D eigenvalue weighted by molar-refractivity contribution is 8.03. The van der Waals surface area contributed by atoms with E-state index in [2.05, 4.69) is 104 Å². The van der Waals surface area contributed by atoms with Crippen molar-refractivity contribution >= 4 is 34.6 Å². The summed E-state index contributed by atoms with van der Waals surface area (Å²) in [5.74, 6) is 0.870. The summed E-state index contributed by atoms with van der Waals surface area (Å²) in [4.78, 5) is 1.29. The van der Waals surface area contributed by atoms with E-state index in [9.17, 15) is 0 Å². The standard InChI is InChI=1S/C28H26N2OS/c1-5-30-24-17-22(21-9-7-6-8-10-21)11-12-25(24)31-28(30)14-18(2)13-27-29-23-15-19(3)20(4)16-26(23)32-27/h6-17H,5H2,1-4H3/p+1. The van der Waals surface area contributed by atoms with Crippen molar-refractivity contribution in [3.63, 3.8) is 0 Å². The smallest absolute Gasteiger partial charge is 0.374 e. The lowest BCUT2D eigenvalue weighted by Crippen LogP contribution is -2.33. The minimum absolute atomic E-state index is 0.845. The molecule has 1 N–H and O–H groups in total. The first-order valence-electron chi connectivity index (χ1n) is 11.0. The fourth-order valence-corrected chi connectivity index (χ4v) is 5.20. The number of hydrogen-bond donors (Lipinski definition) is 1. The summed E-state index contributed by atoms with van der Waals surface area (Å²) in [5, 5.41) is 4.69. The number of nitrogens with one attached hydrogen (secondary N) is 1. The van der Waals surface area contributed by atoms with Crippen LogP contribution in [0.1, 0.15) is 30.9 Å². The maximum absolute atomic E-state index is 6.24. The number of benzene rings is 3. The molecular formula is C28H27N2OS+. The van der Waals surface area contributed by atoms with E-state index in [1.54, 1.807) is 11.8 Å². The summed E-state index contributed by atoms with van der Waals surface area (Å²) in [7, 11) is 0. The molecule has 0 aliphatic carbocycles. The Balaban J connectivity index is 1.47. The van der Waals surface area contributed by atoms with Crippen LogP contribution in [0.25, 0.3) is 28.3 Å². The Hall–Kier alpha value is -3.24. The highest BCUT2D eigenvalue weighted by Crippen LogP contribution is 2.42. The topological polar surface area (TPSA) is 29.1 Å². The number of fused-ring (bicyclic) bond motifs is 2. The molecule has 4 heteroatoms. The van der Waals surface area contributed by atoms with Crippen molar-refractivity contribution in [2.24, 2.45) is 0 Å². The van der Waals surface area contributed by atoms with Crippen LogP contribution in [0.4, 0.5) is 5.69 Å². The molecule has 3 nitrogen and oxygen atoms in total. The van der Waals surface area contributed by atoms with E-state index in [0.29, 0.717) is 0 Å². The molecule has 160 valence electrons. The van der Waals surface area contributed by atoms with Crippen molar-refractivity contribution in [2.75, 3.05) is 5.32 Å². The highest BCUT2D eigenvalue weighted by Gasteiger charge is 2.21. The Morgan fingerprint density at radius 2 is 1.78 bits per heavy atom. The lowest BCUT2D eigenvalue weighted by atomic mass is 10.1. The average molecular weight is 440 g/mol. The molecule has 1 aliphatic rings. The fourth-order valence-electron chi connectivity index (χ4n) is 4.10. The predicted molar refractivity (Wildman–Crippen MR) is 135 cm³/mol. The number of hydrogen-bond acceptors (Lipinski definition) is 3. The molecule has 0 radical (unpaired) electrons. The number of aryl methyl sites for hydroxylation is 3. The molecular weight excluding hydrogens is 412 g/mol. The van der Waals surface area contributed by atoms with Crippen LogP contribution in [0, 0.1) is 13.8 Å². The summed E-state index contributed by atoms with van der Waals surface area (Å²) in [6, 6.07) is 21.4. The van der Waals surface area contributed by atoms with Gasteiger partial charge in [0.05, 0.1) is 16.8 Å². The van der Waals surface area contributed by atoms with Crippen molar-refractivity contribution in [1.82, 2.24) is 0 Å². The van der Waals surface area contributed by atoms with Gasteiger partial charge in [-0.05, 0) is 79.8 Å². The molecule has 0 saturated heterocycles. The number of thioether (sulfide) groups is 1. The monoisotopic (exact) mass is 439 g/mol. The first-order valence-corrected chi connectivity index (χ1v) is 11.8. The summed E-state index contributed by atoms with van der Waals surface area (Å²) >= 11 is 1.78. The minimum Gasteiger partial charge on any atom is -0.398 e. The first kappa shape index (κ1) is 20.7. The Kier molecular flexibility index (Phi) is 5.40. The lowest BCUT2D eigenvalue weighted by molar-refractivity contribution is -0.674. The number of aromatic nitrogens is 1. The molecule has 32 heavy (non-hydrogen) atoms. The molecule has 0 spiro atoms. The maximum atomic E-state index is 6.24. The molecule has 3 aromatic carbocycles. The normalized spacial score (nSPS) is 14.8. The second-order valence-corrected chi connectivity index (χ2v) is 9.37. The SMILES string of the molecule is CC[n+]1c(/C=C(C)/C=C2/Nc3cc(C)c(C)cc3S2)oc2ccc(-c3ccccc3)cc21. The van der Waals surface area contributed by atoms with Crippen molar-refractivity contribution in [2.45, 2.75) is 39.1 Å². The van der Waals surface area contributed by atoms with E-state index < -0.39 is 0 Å². The molecule has 2 heterocycles. The third-order valence-corrected chi connectivity index (χ3v) is 6.93. The van der Waals surface area contributed by atoms with Gasteiger partial charge in [-0.1, -0.05) is 48.2 Å². The Morgan fingerprint density at radius 3 is 2.56 bits per heavy atom. The predicted octanol–water partition coefficient (Wildman–Crippen LogP) is 7.49. The Bertz CT molecular complexity index is 1350. The molecule has 0 bridgehead atoms. The molecule has 0 saturated carbocycles. The highest BCUT2D eigenvalue weighted by atomic mass is 32.2. The van der Waals surface area contributed by atoms with E-state index in [4.69, 9.17) is 4.42 Å². The van der Waals surface area contributed by atoms with Crippen LogP contribution in [0.3, 0.4) is 0 Å². The molecule has 0 atom stereocenters. The summed E-state index contributed by atoms with van der Waals surface area (Å²) < 4.78 is 8.48. The third kappa shape index (κ3) is 3.87. The van der Waals surface area contributed by atoms with Crippen LogP contribution >= 0.6 is 11.8 Å². The van der Waals surface area contributed by atoms with Crippen LogP contribution < -0.4 is 9.88 Å². The first-order chi connectivity index (χ1) is 15.5. The number of allylic oxidation sites excluding steroid dienone is 2. The van der Waals surface area contributed by atoms with Gasteiger partial charge in [-0.15, -0.1) is 0 Å². The maximum Gasteiger partial charge on any atom is 0.374 e. The van der Waals surface area contributed by atoms with Crippen LogP contribution in [0.15, 0.2) is 86.7 Å². The third-order valence-electron chi connectivity index (χ3n) is 5.94. The van der Waals surface area contributed by atoms with Gasteiger partial charge in [-0.3, -0.25) is 0 Å². The molecule has 1 aliphatic heterocycles. The van der Waals surface area contributed by atoms with Gasteiger partial charge in [0.25, 0.3) is 5.52 Å².